The molecule has 0 unspecified atom stereocenters. The Morgan fingerprint density at radius 3 is 2.28 bits per heavy atom. The second-order valence-electron chi connectivity index (χ2n) is 11.5. The fraction of sp³-hybridized carbons (Fsp3) is 0.375. The fourth-order valence-corrected chi connectivity index (χ4v) is 5.78. The number of pyridine rings is 1. The molecule has 9 nitrogen and oxygen atoms in total. The number of anilines is 1. The van der Waals surface area contributed by atoms with Gasteiger partial charge < -0.3 is 14.4 Å². The largest absolute Gasteiger partial charge is 0.496 e. The first kappa shape index (κ1) is 32.1. The van der Waals surface area contributed by atoms with E-state index in [0.29, 0.717) is 53.4 Å². The Hall–Kier alpha value is -4.82. The van der Waals surface area contributed by atoms with E-state index in [1.807, 2.05) is 30.3 Å². The maximum Gasteiger partial charge on any atom is 0.416 e. The Kier molecular flexibility index (Phi) is 8.49. The summed E-state index contributed by atoms with van der Waals surface area (Å²) < 4.78 is 92.7. The summed E-state index contributed by atoms with van der Waals surface area (Å²) in [4.78, 5) is 25.6. The maximum atomic E-state index is 13.6. The van der Waals surface area contributed by atoms with Gasteiger partial charge in [0.05, 0.1) is 36.5 Å². The van der Waals surface area contributed by atoms with Crippen molar-refractivity contribution in [1.82, 2.24) is 25.1 Å². The van der Waals surface area contributed by atoms with Crippen LogP contribution in [0.3, 0.4) is 0 Å². The average molecular weight is 661 g/mol. The summed E-state index contributed by atoms with van der Waals surface area (Å²) in [5.41, 5.74) is -0.590. The van der Waals surface area contributed by atoms with E-state index in [-0.39, 0.29) is 12.6 Å². The van der Waals surface area contributed by atoms with Crippen LogP contribution >= 0.6 is 0 Å². The molecule has 0 saturated carbocycles. The number of cyclic esters (lactones) is 1. The van der Waals surface area contributed by atoms with E-state index < -0.39 is 47.3 Å². The molecule has 2 fully saturated rings. The normalized spacial score (nSPS) is 18.3. The molecule has 0 bridgehead atoms. The zero-order valence-corrected chi connectivity index (χ0v) is 25.3. The van der Waals surface area contributed by atoms with Gasteiger partial charge >= 0.3 is 18.4 Å². The number of ether oxygens (including phenoxy) is 2. The van der Waals surface area contributed by atoms with E-state index in [2.05, 4.69) is 20.1 Å². The van der Waals surface area contributed by atoms with Gasteiger partial charge in [-0.05, 0) is 73.4 Å². The molecule has 1 amide bonds. The van der Waals surface area contributed by atoms with Crippen molar-refractivity contribution < 1.29 is 40.6 Å². The number of benzene rings is 2. The lowest BCUT2D eigenvalue weighted by molar-refractivity contribution is -0.143. The second kappa shape index (κ2) is 12.4. The number of nitrogens with one attached hydrogen (secondary N) is 1. The van der Waals surface area contributed by atoms with E-state index in [4.69, 9.17) is 14.5 Å². The maximum absolute atomic E-state index is 13.6. The third-order valence-electron chi connectivity index (χ3n) is 8.46. The van der Waals surface area contributed by atoms with Gasteiger partial charge in [-0.25, -0.2) is 14.8 Å². The van der Waals surface area contributed by atoms with Crippen molar-refractivity contribution >= 4 is 11.9 Å². The van der Waals surface area contributed by atoms with E-state index in [9.17, 15) is 31.1 Å². The number of carbonyl (C=O) groups is 1. The molecular weight excluding hydrogens is 630 g/mol. The molecule has 2 aliphatic heterocycles. The smallest absolute Gasteiger partial charge is 0.416 e. The number of H-pyrrole nitrogens is 1. The van der Waals surface area contributed by atoms with Crippen LogP contribution in [0.25, 0.3) is 11.1 Å². The highest BCUT2D eigenvalue weighted by atomic mass is 19.4. The Morgan fingerprint density at radius 2 is 1.68 bits per heavy atom. The number of aryl methyl sites for hydroxylation is 2. The highest BCUT2D eigenvalue weighted by molar-refractivity contribution is 5.76. The molecule has 0 radical (unpaired) electrons. The van der Waals surface area contributed by atoms with Crippen molar-refractivity contribution in [2.75, 3.05) is 25.1 Å². The van der Waals surface area contributed by atoms with Gasteiger partial charge in [0.25, 0.3) is 0 Å². The number of aromatic amines is 1. The molecule has 1 N–H and O–H groups in total. The Labute approximate surface area is 265 Å². The summed E-state index contributed by atoms with van der Waals surface area (Å²) >= 11 is 0. The van der Waals surface area contributed by atoms with Crippen LogP contribution in [-0.2, 0) is 36.5 Å². The Bertz CT molecular complexity index is 1720. The van der Waals surface area contributed by atoms with Crippen LogP contribution in [0.2, 0.25) is 0 Å². The van der Waals surface area contributed by atoms with Crippen LogP contribution in [0.4, 0.5) is 37.0 Å². The number of methoxy groups -OCH3 is 1. The average Bonchev–Trinajstić information content (AvgIpc) is 3.62. The standard InChI is InChI=1S/C32H30F6N6O3/c1-18-29(20-13-21(31(33,34)35)15-22(14-20)32(36,37)38)47-30(45)44(18)16-25-23(6-9-28(41-25)43-10-3-11-43)24-12-19(4-7-26(24)46-2)5-8-27-39-17-40-42-27/h4,6-7,9,12-15,17-18,29H,3,5,8,10-11,16H2,1-2H3,(H,39,40,42)/t18-,29-/m0/s1. The molecule has 2 atom stereocenters. The van der Waals surface area contributed by atoms with Crippen LogP contribution in [-0.4, -0.2) is 57.4 Å². The van der Waals surface area contributed by atoms with Crippen molar-refractivity contribution in [2.24, 2.45) is 0 Å². The number of carbonyl (C=O) groups excluding carboxylic acids is 1. The highest BCUT2D eigenvalue weighted by Crippen LogP contribution is 2.42. The van der Waals surface area contributed by atoms with Gasteiger partial charge in [-0.2, -0.15) is 31.4 Å². The van der Waals surface area contributed by atoms with Gasteiger partial charge in [0.15, 0.2) is 0 Å². The van der Waals surface area contributed by atoms with E-state index in [1.165, 1.54) is 25.3 Å². The van der Waals surface area contributed by atoms with Crippen LogP contribution in [0.1, 0.15) is 53.2 Å². The van der Waals surface area contributed by atoms with Crippen molar-refractivity contribution in [3.63, 3.8) is 0 Å². The van der Waals surface area contributed by atoms with Crippen molar-refractivity contribution in [2.45, 2.75) is 57.2 Å². The van der Waals surface area contributed by atoms with Crippen molar-refractivity contribution in [3.05, 3.63) is 88.6 Å². The Balaban J connectivity index is 1.35. The molecule has 2 saturated heterocycles. The lowest BCUT2D eigenvalue weighted by atomic mass is 9.96. The minimum absolute atomic E-state index is 0.0488. The third kappa shape index (κ3) is 6.69. The molecule has 47 heavy (non-hydrogen) atoms. The minimum atomic E-state index is -5.04. The van der Waals surface area contributed by atoms with Crippen LogP contribution in [0.15, 0.2) is 54.9 Å². The SMILES string of the molecule is COc1ccc(CCc2ncn[nH]2)cc1-c1ccc(N2CCC2)nc1CN1C(=O)O[C@H](c2cc(C(F)(F)F)cc(C(F)(F)F)c2)[C@@H]1C. The summed E-state index contributed by atoms with van der Waals surface area (Å²) in [5, 5.41) is 6.71. The molecule has 6 rings (SSSR count). The zero-order chi connectivity index (χ0) is 33.5. The van der Waals surface area contributed by atoms with Gasteiger partial charge in [-0.15, -0.1) is 0 Å². The summed E-state index contributed by atoms with van der Waals surface area (Å²) in [6.45, 7) is 3.00. The summed E-state index contributed by atoms with van der Waals surface area (Å²) in [7, 11) is 1.53. The molecule has 248 valence electrons. The predicted molar refractivity (Wildman–Crippen MR) is 158 cm³/mol. The quantitative estimate of drug-likeness (QED) is 0.193. The number of hydrogen-bond donors (Lipinski definition) is 1. The van der Waals surface area contributed by atoms with Gasteiger partial charge in [0, 0.05) is 30.6 Å². The highest BCUT2D eigenvalue weighted by Gasteiger charge is 2.43. The predicted octanol–water partition coefficient (Wildman–Crippen LogP) is 6.99. The van der Waals surface area contributed by atoms with Gasteiger partial charge in [-0.3, -0.25) is 10.00 Å². The van der Waals surface area contributed by atoms with Crippen LogP contribution in [0, 0.1) is 0 Å². The van der Waals surface area contributed by atoms with Crippen LogP contribution in [0.5, 0.6) is 5.75 Å². The summed E-state index contributed by atoms with van der Waals surface area (Å²) in [6.07, 6.45) is -8.69. The topological polar surface area (TPSA) is 96.5 Å². The summed E-state index contributed by atoms with van der Waals surface area (Å²) in [5.74, 6) is 1.95. The van der Waals surface area contributed by atoms with E-state index >= 15 is 0 Å². The number of hydrogen-bond acceptors (Lipinski definition) is 7. The molecule has 4 aromatic rings. The summed E-state index contributed by atoms with van der Waals surface area (Å²) in [6, 6.07) is 9.76. The third-order valence-corrected chi connectivity index (χ3v) is 8.46. The lowest BCUT2D eigenvalue weighted by Crippen LogP contribution is -2.38. The second-order valence-corrected chi connectivity index (χ2v) is 11.5. The number of halogens is 6. The molecule has 4 heterocycles. The first-order valence-electron chi connectivity index (χ1n) is 14.8. The zero-order valence-electron chi connectivity index (χ0n) is 25.3. The molecule has 0 aliphatic carbocycles. The lowest BCUT2D eigenvalue weighted by Gasteiger charge is -2.33. The van der Waals surface area contributed by atoms with Crippen LogP contribution < -0.4 is 9.64 Å². The molecule has 15 heteroatoms. The molecule has 2 aliphatic rings. The number of nitrogens with zero attached hydrogens (tertiary/aromatic N) is 5. The van der Waals surface area contributed by atoms with Gasteiger partial charge in [0.2, 0.25) is 0 Å². The molecular formula is C32H30F6N6O3. The van der Waals surface area contributed by atoms with Crippen molar-refractivity contribution in [1.29, 1.82) is 0 Å². The molecule has 2 aromatic carbocycles. The van der Waals surface area contributed by atoms with E-state index in [1.54, 1.807) is 0 Å². The number of alkyl halides is 6. The first-order valence-corrected chi connectivity index (χ1v) is 14.8. The molecule has 0 spiro atoms. The fourth-order valence-electron chi connectivity index (χ4n) is 5.78. The minimum Gasteiger partial charge on any atom is -0.496 e. The monoisotopic (exact) mass is 660 g/mol. The number of aromatic nitrogens is 4. The Morgan fingerprint density at radius 1 is 0.957 bits per heavy atom. The van der Waals surface area contributed by atoms with Crippen molar-refractivity contribution in [3.8, 4) is 16.9 Å². The molecule has 2 aromatic heterocycles. The first-order chi connectivity index (χ1) is 22.3. The van der Waals surface area contributed by atoms with Gasteiger partial charge in [-0.1, -0.05) is 6.07 Å². The van der Waals surface area contributed by atoms with Gasteiger partial charge in [0.1, 0.15) is 29.8 Å². The van der Waals surface area contributed by atoms with E-state index in [0.717, 1.165) is 30.9 Å². The number of rotatable bonds is 9. The number of amides is 1.